The van der Waals surface area contributed by atoms with Gasteiger partial charge in [0, 0.05) is 42.5 Å². The lowest BCUT2D eigenvalue weighted by atomic mass is 10.0. The van der Waals surface area contributed by atoms with Crippen molar-refractivity contribution >= 4 is 50.7 Å². The molecule has 0 saturated carbocycles. The molecule has 0 aromatic heterocycles. The Labute approximate surface area is 265 Å². The van der Waals surface area contributed by atoms with Gasteiger partial charge in [-0.05, 0) is 55.2 Å². The number of nitrogens with zero attached hydrogens (tertiary/aromatic N) is 2. The van der Waals surface area contributed by atoms with Gasteiger partial charge in [0.05, 0.1) is 18.6 Å². The number of nitrogens with one attached hydrogen (secondary N) is 1. The number of carbonyl (C=O) groups excluding carboxylic acids is 2. The standard InChI is InChI=1S/C32H39Cl2N3O5S/c1-4-19-35-32(39)29(21-24-12-7-6-8-13-24)36(23-25-17-18-26(33)22-27(25)34)31(38)16-11-20-37(43(3,40)41)28-14-9-10-15-30(28)42-5-2/h6-10,12-15,17-18,22,29H,4-5,11,16,19-21,23H2,1-3H3,(H,35,39)/t29-/m0/s1. The molecule has 43 heavy (non-hydrogen) atoms. The minimum absolute atomic E-state index is 0.000375. The van der Waals surface area contributed by atoms with Crippen LogP contribution in [0.5, 0.6) is 5.75 Å². The Balaban J connectivity index is 1.91. The van der Waals surface area contributed by atoms with Crippen LogP contribution in [0.15, 0.2) is 72.8 Å². The molecule has 0 bridgehead atoms. The number of sulfonamides is 1. The zero-order chi connectivity index (χ0) is 31.4. The van der Waals surface area contributed by atoms with E-state index >= 15 is 0 Å². The number of hydrogen-bond acceptors (Lipinski definition) is 5. The van der Waals surface area contributed by atoms with Gasteiger partial charge in [0.1, 0.15) is 11.8 Å². The first kappa shape index (κ1) is 34.2. The average molecular weight is 649 g/mol. The molecule has 3 aromatic rings. The van der Waals surface area contributed by atoms with Crippen molar-refractivity contribution in [2.45, 2.75) is 52.1 Å². The van der Waals surface area contributed by atoms with Crippen molar-refractivity contribution in [1.29, 1.82) is 0 Å². The SMILES string of the molecule is CCCNC(=O)[C@H](Cc1ccccc1)N(Cc1ccc(Cl)cc1Cl)C(=O)CCCN(c1ccccc1OCC)S(C)(=O)=O. The molecule has 0 aliphatic carbocycles. The fourth-order valence-electron chi connectivity index (χ4n) is 4.68. The van der Waals surface area contributed by atoms with E-state index in [1.54, 1.807) is 42.5 Å². The third-order valence-electron chi connectivity index (χ3n) is 6.76. The molecule has 0 aliphatic rings. The number of hydrogen-bond donors (Lipinski definition) is 1. The highest BCUT2D eigenvalue weighted by molar-refractivity contribution is 7.92. The number of amides is 2. The van der Waals surface area contributed by atoms with Crippen molar-refractivity contribution in [3.63, 3.8) is 0 Å². The maximum atomic E-state index is 14.0. The zero-order valence-corrected chi connectivity index (χ0v) is 27.1. The van der Waals surface area contributed by atoms with E-state index in [4.69, 9.17) is 27.9 Å². The summed E-state index contributed by atoms with van der Waals surface area (Å²) in [5, 5.41) is 3.79. The first-order valence-corrected chi connectivity index (χ1v) is 16.9. The number of benzene rings is 3. The quantitative estimate of drug-likeness (QED) is 0.203. The maximum absolute atomic E-state index is 14.0. The minimum Gasteiger partial charge on any atom is -0.492 e. The molecule has 0 fully saturated rings. The highest BCUT2D eigenvalue weighted by atomic mass is 35.5. The first-order chi connectivity index (χ1) is 20.5. The van der Waals surface area contributed by atoms with Gasteiger partial charge in [0.25, 0.3) is 0 Å². The number of anilines is 1. The lowest BCUT2D eigenvalue weighted by Gasteiger charge is -2.32. The van der Waals surface area contributed by atoms with Crippen LogP contribution >= 0.6 is 23.2 Å². The minimum atomic E-state index is -3.68. The molecule has 232 valence electrons. The maximum Gasteiger partial charge on any atom is 0.243 e. The van der Waals surface area contributed by atoms with Crippen LogP contribution in [0.25, 0.3) is 0 Å². The van der Waals surface area contributed by atoms with E-state index in [1.807, 2.05) is 44.2 Å². The topological polar surface area (TPSA) is 96.0 Å². The molecule has 0 aliphatic heterocycles. The van der Waals surface area contributed by atoms with Crippen LogP contribution in [-0.4, -0.2) is 57.1 Å². The van der Waals surface area contributed by atoms with Crippen molar-refractivity contribution in [3.05, 3.63) is 94.0 Å². The average Bonchev–Trinajstić information content (AvgIpc) is 2.97. The van der Waals surface area contributed by atoms with Gasteiger partial charge in [-0.1, -0.05) is 78.7 Å². The van der Waals surface area contributed by atoms with Crippen LogP contribution in [0.1, 0.15) is 44.2 Å². The van der Waals surface area contributed by atoms with Crippen molar-refractivity contribution in [1.82, 2.24) is 10.2 Å². The highest BCUT2D eigenvalue weighted by Crippen LogP contribution is 2.30. The largest absolute Gasteiger partial charge is 0.492 e. The molecule has 0 unspecified atom stereocenters. The molecule has 0 spiro atoms. The lowest BCUT2D eigenvalue weighted by Crippen LogP contribution is -2.50. The van der Waals surface area contributed by atoms with E-state index < -0.39 is 16.1 Å². The molecule has 8 nitrogen and oxygen atoms in total. The summed E-state index contributed by atoms with van der Waals surface area (Å²) in [6.45, 7) is 4.75. The third kappa shape index (κ3) is 10.2. The van der Waals surface area contributed by atoms with Crippen LogP contribution in [-0.2, 0) is 32.6 Å². The summed E-state index contributed by atoms with van der Waals surface area (Å²) in [4.78, 5) is 29.0. The van der Waals surface area contributed by atoms with Gasteiger partial charge >= 0.3 is 0 Å². The molecule has 11 heteroatoms. The molecule has 2 amide bonds. The van der Waals surface area contributed by atoms with E-state index in [9.17, 15) is 18.0 Å². The van der Waals surface area contributed by atoms with Gasteiger partial charge < -0.3 is 15.0 Å². The summed E-state index contributed by atoms with van der Waals surface area (Å²) in [5.41, 5.74) is 1.95. The normalized spacial score (nSPS) is 11.9. The molecular weight excluding hydrogens is 609 g/mol. The Morgan fingerprint density at radius 1 is 0.977 bits per heavy atom. The molecule has 1 atom stereocenters. The summed E-state index contributed by atoms with van der Waals surface area (Å²) in [5.74, 6) is -0.131. The Kier molecular flexibility index (Phi) is 13.2. The van der Waals surface area contributed by atoms with Crippen LogP contribution in [0, 0.1) is 0 Å². The van der Waals surface area contributed by atoms with Crippen LogP contribution in [0.4, 0.5) is 5.69 Å². The Morgan fingerprint density at radius 2 is 1.67 bits per heavy atom. The second-order valence-corrected chi connectivity index (χ2v) is 12.8. The van der Waals surface area contributed by atoms with Gasteiger partial charge in [-0.3, -0.25) is 13.9 Å². The highest BCUT2D eigenvalue weighted by Gasteiger charge is 2.31. The molecule has 3 aromatic carbocycles. The number of rotatable bonds is 16. The second-order valence-electron chi connectivity index (χ2n) is 10.1. The first-order valence-electron chi connectivity index (χ1n) is 14.3. The summed E-state index contributed by atoms with van der Waals surface area (Å²) in [7, 11) is -3.68. The summed E-state index contributed by atoms with van der Waals surface area (Å²) >= 11 is 12.6. The van der Waals surface area contributed by atoms with E-state index in [-0.39, 0.29) is 37.7 Å². The van der Waals surface area contributed by atoms with Gasteiger partial charge in [-0.2, -0.15) is 0 Å². The van der Waals surface area contributed by atoms with Crippen molar-refractivity contribution in [2.24, 2.45) is 0 Å². The molecule has 0 radical (unpaired) electrons. The van der Waals surface area contributed by atoms with Gasteiger partial charge in [0.2, 0.25) is 21.8 Å². The summed E-state index contributed by atoms with van der Waals surface area (Å²) in [6.07, 6.45) is 2.38. The Morgan fingerprint density at radius 3 is 2.33 bits per heavy atom. The molecule has 0 saturated heterocycles. The zero-order valence-electron chi connectivity index (χ0n) is 24.8. The molecular formula is C32H39Cl2N3O5S. The number of halogens is 2. The van der Waals surface area contributed by atoms with E-state index in [0.717, 1.165) is 18.2 Å². The lowest BCUT2D eigenvalue weighted by molar-refractivity contribution is -0.141. The van der Waals surface area contributed by atoms with Crippen LogP contribution in [0.3, 0.4) is 0 Å². The van der Waals surface area contributed by atoms with Crippen molar-refractivity contribution in [3.8, 4) is 5.75 Å². The predicted molar refractivity (Wildman–Crippen MR) is 173 cm³/mol. The summed E-state index contributed by atoms with van der Waals surface area (Å²) in [6, 6.07) is 20.6. The Hall–Kier alpha value is -3.27. The van der Waals surface area contributed by atoms with Gasteiger partial charge in [0.15, 0.2) is 0 Å². The van der Waals surface area contributed by atoms with E-state index in [1.165, 1.54) is 9.21 Å². The predicted octanol–water partition coefficient (Wildman–Crippen LogP) is 6.10. The van der Waals surface area contributed by atoms with Crippen LogP contribution < -0.4 is 14.4 Å². The molecule has 1 N–H and O–H groups in total. The summed E-state index contributed by atoms with van der Waals surface area (Å²) < 4.78 is 32.5. The smallest absolute Gasteiger partial charge is 0.243 e. The van der Waals surface area contributed by atoms with Crippen molar-refractivity contribution < 1.29 is 22.7 Å². The second kappa shape index (κ2) is 16.5. The van der Waals surface area contributed by atoms with Crippen LogP contribution in [0.2, 0.25) is 10.0 Å². The fraction of sp³-hybridized carbons (Fsp3) is 0.375. The van der Waals surface area contributed by atoms with Gasteiger partial charge in [-0.25, -0.2) is 8.42 Å². The number of para-hydroxylation sites is 2. The van der Waals surface area contributed by atoms with Crippen molar-refractivity contribution in [2.75, 3.05) is 30.3 Å². The Bertz CT molecular complexity index is 1470. The number of ether oxygens (including phenoxy) is 1. The molecule has 0 heterocycles. The monoisotopic (exact) mass is 647 g/mol. The molecule has 3 rings (SSSR count). The third-order valence-corrected chi connectivity index (χ3v) is 8.53. The van der Waals surface area contributed by atoms with E-state index in [0.29, 0.717) is 46.6 Å². The van der Waals surface area contributed by atoms with Gasteiger partial charge in [-0.15, -0.1) is 0 Å². The fourth-order valence-corrected chi connectivity index (χ4v) is 6.11. The van der Waals surface area contributed by atoms with E-state index in [2.05, 4.69) is 5.32 Å². The number of carbonyl (C=O) groups is 2.